The number of hydrogen-bond acceptors (Lipinski definition) is 6. The Morgan fingerprint density at radius 2 is 1.80 bits per heavy atom. The highest BCUT2D eigenvalue weighted by molar-refractivity contribution is 7.99. The van der Waals surface area contributed by atoms with Gasteiger partial charge in [-0.2, -0.15) is 0 Å². The molecule has 1 saturated heterocycles. The monoisotopic (exact) mass is 420 g/mol. The first-order valence-corrected chi connectivity index (χ1v) is 11.0. The van der Waals surface area contributed by atoms with Crippen molar-refractivity contribution in [2.75, 3.05) is 16.9 Å². The number of carbonyl (C=O) groups is 2. The van der Waals surface area contributed by atoms with E-state index in [1.165, 1.54) is 0 Å². The summed E-state index contributed by atoms with van der Waals surface area (Å²) in [6.07, 6.45) is 2.20. The lowest BCUT2D eigenvalue weighted by Crippen LogP contribution is -2.44. The molecule has 30 heavy (non-hydrogen) atoms. The number of amides is 2. The van der Waals surface area contributed by atoms with Gasteiger partial charge in [-0.15, -0.1) is 16.9 Å². The highest BCUT2D eigenvalue weighted by Gasteiger charge is 2.35. The zero-order valence-electron chi connectivity index (χ0n) is 16.1. The first kappa shape index (κ1) is 18.8. The van der Waals surface area contributed by atoms with E-state index in [0.717, 1.165) is 24.2 Å². The Morgan fingerprint density at radius 1 is 1.03 bits per heavy atom. The van der Waals surface area contributed by atoms with Crippen LogP contribution in [-0.4, -0.2) is 54.6 Å². The van der Waals surface area contributed by atoms with Crippen LogP contribution in [0.2, 0.25) is 0 Å². The lowest BCUT2D eigenvalue weighted by molar-refractivity contribution is -0.119. The topological polar surface area (TPSA) is 93.0 Å². The van der Waals surface area contributed by atoms with E-state index in [0.29, 0.717) is 28.9 Å². The lowest BCUT2D eigenvalue weighted by Gasteiger charge is -2.23. The average molecular weight is 420 g/mol. The molecule has 1 N–H and O–H groups in total. The van der Waals surface area contributed by atoms with Crippen molar-refractivity contribution in [1.29, 1.82) is 0 Å². The molecule has 2 fully saturated rings. The molecule has 2 aliphatic rings. The number of anilines is 1. The fourth-order valence-corrected chi connectivity index (χ4v) is 4.64. The Kier molecular flexibility index (Phi) is 4.96. The van der Waals surface area contributed by atoms with E-state index < -0.39 is 6.04 Å². The second-order valence-corrected chi connectivity index (χ2v) is 8.40. The summed E-state index contributed by atoms with van der Waals surface area (Å²) < 4.78 is 1.86. The molecule has 0 spiro atoms. The first-order chi connectivity index (χ1) is 14.7. The summed E-state index contributed by atoms with van der Waals surface area (Å²) in [5, 5.41) is 14.9. The Bertz CT molecular complexity index is 1060. The molecular weight excluding hydrogens is 400 g/mol. The second kappa shape index (κ2) is 7.91. The highest BCUT2D eigenvalue weighted by atomic mass is 32.2. The molecule has 0 unspecified atom stereocenters. The van der Waals surface area contributed by atoms with Gasteiger partial charge in [-0.3, -0.25) is 9.59 Å². The quantitative estimate of drug-likeness (QED) is 0.682. The number of nitrogens with zero attached hydrogens (tertiary/aromatic N) is 5. The smallest absolute Gasteiger partial charge is 0.255 e. The third-order valence-corrected chi connectivity index (χ3v) is 6.27. The summed E-state index contributed by atoms with van der Waals surface area (Å²) in [6, 6.07) is 16.4. The summed E-state index contributed by atoms with van der Waals surface area (Å²) >= 11 is 1.58. The number of aromatic nitrogens is 4. The molecule has 2 aromatic carbocycles. The molecular formula is C21H20N6O2S. The van der Waals surface area contributed by atoms with Crippen LogP contribution in [-0.2, 0) is 4.79 Å². The zero-order valence-corrected chi connectivity index (χ0v) is 17.0. The molecule has 3 aromatic rings. The van der Waals surface area contributed by atoms with Crippen molar-refractivity contribution in [2.24, 2.45) is 0 Å². The number of rotatable bonds is 5. The van der Waals surface area contributed by atoms with Crippen molar-refractivity contribution >= 4 is 29.3 Å². The largest absolute Gasteiger partial charge is 0.324 e. The Balaban J connectivity index is 1.28. The van der Waals surface area contributed by atoms with Crippen molar-refractivity contribution < 1.29 is 9.59 Å². The van der Waals surface area contributed by atoms with Gasteiger partial charge in [0.15, 0.2) is 5.82 Å². The summed E-state index contributed by atoms with van der Waals surface area (Å²) in [7, 11) is 0. The van der Waals surface area contributed by atoms with Crippen LogP contribution in [0.15, 0.2) is 54.6 Å². The van der Waals surface area contributed by atoms with Crippen LogP contribution in [0.5, 0.6) is 0 Å². The van der Waals surface area contributed by atoms with E-state index in [9.17, 15) is 9.59 Å². The highest BCUT2D eigenvalue weighted by Crippen LogP contribution is 2.36. The van der Waals surface area contributed by atoms with E-state index in [-0.39, 0.29) is 11.8 Å². The summed E-state index contributed by atoms with van der Waals surface area (Å²) in [5.41, 5.74) is 2.18. The maximum atomic E-state index is 12.9. The molecule has 8 nitrogen and oxygen atoms in total. The van der Waals surface area contributed by atoms with Gasteiger partial charge in [-0.1, -0.05) is 18.2 Å². The fraction of sp³-hybridized carbons (Fsp3) is 0.286. The number of hydrogen-bond donors (Lipinski definition) is 1. The molecule has 2 heterocycles. The van der Waals surface area contributed by atoms with Crippen molar-refractivity contribution in [3.8, 4) is 11.4 Å². The second-order valence-electron chi connectivity index (χ2n) is 7.40. The molecule has 1 aliphatic carbocycles. The van der Waals surface area contributed by atoms with E-state index in [4.69, 9.17) is 0 Å². The molecule has 0 bridgehead atoms. The van der Waals surface area contributed by atoms with Crippen LogP contribution in [0.25, 0.3) is 11.4 Å². The van der Waals surface area contributed by atoms with Crippen molar-refractivity contribution in [2.45, 2.75) is 24.9 Å². The standard InChI is InChI=1S/C21H20N6O2S/c28-20(18-12-30-13-26(18)21(29)15-4-2-1-3-5-15)22-16-8-6-14(7-9-16)19-23-24-25-27(19)17-10-11-17/h1-9,17-18H,10-13H2,(H,22,28)/t18-/m0/s1. The minimum Gasteiger partial charge on any atom is -0.324 e. The molecule has 152 valence electrons. The van der Waals surface area contributed by atoms with Gasteiger partial charge in [0.1, 0.15) is 6.04 Å². The fourth-order valence-electron chi connectivity index (χ4n) is 3.48. The molecule has 5 rings (SSSR count). The van der Waals surface area contributed by atoms with Crippen LogP contribution in [0.4, 0.5) is 5.69 Å². The molecule has 0 radical (unpaired) electrons. The Labute approximate surface area is 177 Å². The van der Waals surface area contributed by atoms with Crippen molar-refractivity contribution in [1.82, 2.24) is 25.1 Å². The maximum Gasteiger partial charge on any atom is 0.255 e. The molecule has 1 aliphatic heterocycles. The lowest BCUT2D eigenvalue weighted by atomic mass is 10.1. The van der Waals surface area contributed by atoms with Crippen LogP contribution >= 0.6 is 11.8 Å². The molecule has 2 amide bonds. The van der Waals surface area contributed by atoms with E-state index in [1.807, 2.05) is 47.1 Å². The average Bonchev–Trinajstić information content (AvgIpc) is 3.30. The van der Waals surface area contributed by atoms with Crippen LogP contribution in [0, 0.1) is 0 Å². The molecule has 1 aromatic heterocycles. The number of thioether (sulfide) groups is 1. The number of carbonyl (C=O) groups excluding carboxylic acids is 2. The van der Waals surface area contributed by atoms with Gasteiger partial charge in [-0.25, -0.2) is 4.68 Å². The van der Waals surface area contributed by atoms with Gasteiger partial charge >= 0.3 is 0 Å². The molecule has 1 saturated carbocycles. The van der Waals surface area contributed by atoms with Crippen LogP contribution < -0.4 is 5.32 Å². The molecule has 9 heteroatoms. The third kappa shape index (κ3) is 3.68. The van der Waals surface area contributed by atoms with E-state index >= 15 is 0 Å². The summed E-state index contributed by atoms with van der Waals surface area (Å²) in [6.45, 7) is 0. The van der Waals surface area contributed by atoms with Crippen molar-refractivity contribution in [3.05, 3.63) is 60.2 Å². The summed E-state index contributed by atoms with van der Waals surface area (Å²) in [4.78, 5) is 27.3. The SMILES string of the molecule is O=C(Nc1ccc(-c2nnnn2C2CC2)cc1)[C@@H]1CSCN1C(=O)c1ccccc1. The van der Waals surface area contributed by atoms with Gasteiger partial charge in [0.05, 0.1) is 11.9 Å². The summed E-state index contributed by atoms with van der Waals surface area (Å²) in [5.74, 6) is 1.53. The van der Waals surface area contributed by atoms with Gasteiger partial charge in [0.2, 0.25) is 5.91 Å². The van der Waals surface area contributed by atoms with Gasteiger partial charge < -0.3 is 10.2 Å². The van der Waals surface area contributed by atoms with Gasteiger partial charge in [-0.05, 0) is 59.7 Å². The zero-order chi connectivity index (χ0) is 20.5. The third-order valence-electron chi connectivity index (χ3n) is 5.26. The van der Waals surface area contributed by atoms with Gasteiger partial charge in [0.25, 0.3) is 5.91 Å². The predicted octanol–water partition coefficient (Wildman–Crippen LogP) is 2.83. The van der Waals surface area contributed by atoms with E-state index in [2.05, 4.69) is 20.8 Å². The minimum atomic E-state index is -0.496. The first-order valence-electron chi connectivity index (χ1n) is 9.83. The number of benzene rings is 2. The number of nitrogens with one attached hydrogen (secondary N) is 1. The van der Waals surface area contributed by atoms with Crippen LogP contribution in [0.1, 0.15) is 29.2 Å². The predicted molar refractivity (Wildman–Crippen MR) is 114 cm³/mol. The van der Waals surface area contributed by atoms with Gasteiger partial charge in [0, 0.05) is 22.6 Å². The normalized spacial score (nSPS) is 18.4. The van der Waals surface area contributed by atoms with Crippen molar-refractivity contribution in [3.63, 3.8) is 0 Å². The Hall–Kier alpha value is -3.20. The Morgan fingerprint density at radius 3 is 2.53 bits per heavy atom. The minimum absolute atomic E-state index is 0.122. The maximum absolute atomic E-state index is 12.9. The van der Waals surface area contributed by atoms with E-state index in [1.54, 1.807) is 28.8 Å². The van der Waals surface area contributed by atoms with Crippen LogP contribution in [0.3, 0.4) is 0 Å². The number of tetrazole rings is 1. The molecule has 1 atom stereocenters.